The Morgan fingerprint density at radius 1 is 0.750 bits per heavy atom. The molecule has 2 N–H and O–H groups in total. The predicted molar refractivity (Wildman–Crippen MR) is 110 cm³/mol. The van der Waals surface area contributed by atoms with E-state index < -0.39 is 0 Å². The van der Waals surface area contributed by atoms with Crippen LogP contribution in [0.15, 0.2) is 66.7 Å². The molecule has 6 heteroatoms. The van der Waals surface area contributed by atoms with Gasteiger partial charge in [-0.2, -0.15) is 0 Å². The Kier molecular flexibility index (Phi) is 6.01. The minimum absolute atomic E-state index is 0.274. The highest BCUT2D eigenvalue weighted by Gasteiger charge is 2.17. The van der Waals surface area contributed by atoms with E-state index in [1.165, 1.54) is 7.11 Å². The number of benzene rings is 3. The summed E-state index contributed by atoms with van der Waals surface area (Å²) < 4.78 is 15.9. The van der Waals surface area contributed by atoms with Gasteiger partial charge in [-0.15, -0.1) is 0 Å². The van der Waals surface area contributed by atoms with Crippen molar-refractivity contribution < 1.29 is 19.0 Å². The molecule has 0 aliphatic heterocycles. The van der Waals surface area contributed by atoms with Crippen LogP contribution in [0.5, 0.6) is 17.2 Å². The highest BCUT2D eigenvalue weighted by Crippen LogP contribution is 2.35. The van der Waals surface area contributed by atoms with Gasteiger partial charge in [0.15, 0.2) is 11.5 Å². The first-order valence-electron chi connectivity index (χ1n) is 8.68. The van der Waals surface area contributed by atoms with Crippen LogP contribution in [0.2, 0.25) is 0 Å². The minimum Gasteiger partial charge on any atom is -0.497 e. The molecule has 144 valence electrons. The maximum Gasteiger partial charge on any atom is 0.257 e. The van der Waals surface area contributed by atoms with Gasteiger partial charge in [0.1, 0.15) is 5.75 Å². The zero-order valence-electron chi connectivity index (χ0n) is 16.0. The molecule has 0 bridgehead atoms. The van der Waals surface area contributed by atoms with Crippen LogP contribution in [0.4, 0.5) is 17.1 Å². The second kappa shape index (κ2) is 8.81. The number of carbonyl (C=O) groups excluding carboxylic acids is 1. The van der Waals surface area contributed by atoms with Gasteiger partial charge in [0, 0.05) is 17.4 Å². The third kappa shape index (κ3) is 4.35. The third-order valence-electron chi connectivity index (χ3n) is 4.17. The zero-order chi connectivity index (χ0) is 19.9. The number of hydrogen-bond acceptors (Lipinski definition) is 5. The van der Waals surface area contributed by atoms with E-state index in [9.17, 15) is 4.79 Å². The SMILES string of the molecule is COc1ccc(NC(=O)c2cc(OC)c(OC)cc2Nc2ccccc2)cc1. The number of methoxy groups -OCH3 is 3. The Labute approximate surface area is 164 Å². The van der Waals surface area contributed by atoms with Crippen molar-refractivity contribution in [2.45, 2.75) is 0 Å². The molecule has 0 unspecified atom stereocenters. The van der Waals surface area contributed by atoms with Crippen LogP contribution in [0, 0.1) is 0 Å². The van der Waals surface area contributed by atoms with Crippen LogP contribution in [0.3, 0.4) is 0 Å². The lowest BCUT2D eigenvalue weighted by Crippen LogP contribution is -2.14. The Hall–Kier alpha value is -3.67. The fourth-order valence-corrected chi connectivity index (χ4v) is 2.72. The van der Waals surface area contributed by atoms with Gasteiger partial charge in [-0.25, -0.2) is 0 Å². The van der Waals surface area contributed by atoms with E-state index in [0.717, 1.165) is 11.4 Å². The summed E-state index contributed by atoms with van der Waals surface area (Å²) in [7, 11) is 4.69. The fraction of sp³-hybridized carbons (Fsp3) is 0.136. The highest BCUT2D eigenvalue weighted by atomic mass is 16.5. The van der Waals surface area contributed by atoms with Crippen molar-refractivity contribution in [3.8, 4) is 17.2 Å². The lowest BCUT2D eigenvalue weighted by atomic mass is 10.1. The first-order valence-corrected chi connectivity index (χ1v) is 8.68. The number of nitrogens with one attached hydrogen (secondary N) is 2. The van der Waals surface area contributed by atoms with Crippen LogP contribution >= 0.6 is 0 Å². The number of amides is 1. The monoisotopic (exact) mass is 378 g/mol. The first kappa shape index (κ1) is 19.1. The standard InChI is InChI=1S/C22H22N2O4/c1-26-17-11-9-16(10-12-17)24-22(25)18-13-20(27-2)21(28-3)14-19(18)23-15-7-5-4-6-8-15/h4-14,23H,1-3H3,(H,24,25). The van der Waals surface area contributed by atoms with Crippen molar-refractivity contribution in [2.75, 3.05) is 32.0 Å². The van der Waals surface area contributed by atoms with Crippen LogP contribution < -0.4 is 24.8 Å². The number of hydrogen-bond donors (Lipinski definition) is 2. The van der Waals surface area contributed by atoms with Gasteiger partial charge >= 0.3 is 0 Å². The molecule has 0 radical (unpaired) electrons. The topological polar surface area (TPSA) is 68.8 Å². The van der Waals surface area contributed by atoms with Gasteiger partial charge in [-0.1, -0.05) is 18.2 Å². The molecule has 0 saturated carbocycles. The van der Waals surface area contributed by atoms with Gasteiger partial charge in [0.25, 0.3) is 5.91 Å². The van der Waals surface area contributed by atoms with E-state index in [1.807, 2.05) is 30.3 Å². The van der Waals surface area contributed by atoms with Crippen LogP contribution in [0.1, 0.15) is 10.4 Å². The summed E-state index contributed by atoms with van der Waals surface area (Å²) in [5.74, 6) is 1.45. The van der Waals surface area contributed by atoms with Crippen molar-refractivity contribution in [3.05, 3.63) is 72.3 Å². The van der Waals surface area contributed by atoms with Crippen LogP contribution in [-0.2, 0) is 0 Å². The number of ether oxygens (including phenoxy) is 3. The molecule has 3 aromatic carbocycles. The second-order valence-corrected chi connectivity index (χ2v) is 5.93. The number of carbonyl (C=O) groups is 1. The third-order valence-corrected chi connectivity index (χ3v) is 4.17. The first-order chi connectivity index (χ1) is 13.6. The van der Waals surface area contributed by atoms with E-state index in [0.29, 0.717) is 28.4 Å². The number of para-hydroxylation sites is 1. The molecule has 0 aromatic heterocycles. The summed E-state index contributed by atoms with van der Waals surface area (Å²) in [6, 6.07) is 20.1. The molecule has 28 heavy (non-hydrogen) atoms. The lowest BCUT2D eigenvalue weighted by Gasteiger charge is -2.16. The minimum atomic E-state index is -0.274. The molecule has 0 atom stereocenters. The van der Waals surface area contributed by atoms with Gasteiger partial charge < -0.3 is 24.8 Å². The normalized spacial score (nSPS) is 10.1. The Morgan fingerprint density at radius 2 is 1.39 bits per heavy atom. The quantitative estimate of drug-likeness (QED) is 0.623. The number of anilines is 3. The van der Waals surface area contributed by atoms with E-state index in [1.54, 1.807) is 50.6 Å². The molecule has 6 nitrogen and oxygen atoms in total. The summed E-state index contributed by atoms with van der Waals surface area (Å²) in [6.45, 7) is 0. The van der Waals surface area contributed by atoms with Crippen LogP contribution in [0.25, 0.3) is 0 Å². The summed E-state index contributed by atoms with van der Waals surface area (Å²) in [6.07, 6.45) is 0. The van der Waals surface area contributed by atoms with E-state index in [-0.39, 0.29) is 5.91 Å². The molecule has 0 saturated heterocycles. The summed E-state index contributed by atoms with van der Waals surface area (Å²) in [5, 5.41) is 6.16. The molecule has 0 aliphatic carbocycles. The summed E-state index contributed by atoms with van der Waals surface area (Å²) >= 11 is 0. The van der Waals surface area contributed by atoms with Crippen molar-refractivity contribution in [2.24, 2.45) is 0 Å². The molecule has 1 amide bonds. The van der Waals surface area contributed by atoms with Crippen molar-refractivity contribution >= 4 is 23.0 Å². The maximum atomic E-state index is 13.0. The summed E-state index contributed by atoms with van der Waals surface area (Å²) in [5.41, 5.74) is 2.55. The highest BCUT2D eigenvalue weighted by molar-refractivity contribution is 6.09. The average Bonchev–Trinajstić information content (AvgIpc) is 2.74. The molecule has 0 aliphatic rings. The maximum absolute atomic E-state index is 13.0. The Morgan fingerprint density at radius 3 is 2.00 bits per heavy atom. The molecular weight excluding hydrogens is 356 g/mol. The van der Waals surface area contributed by atoms with Gasteiger partial charge in [0.05, 0.1) is 32.6 Å². The van der Waals surface area contributed by atoms with E-state index in [2.05, 4.69) is 10.6 Å². The Balaban J connectivity index is 1.95. The van der Waals surface area contributed by atoms with Gasteiger partial charge in [-0.3, -0.25) is 4.79 Å². The summed E-state index contributed by atoms with van der Waals surface area (Å²) in [4.78, 5) is 13.0. The van der Waals surface area contributed by atoms with Crippen molar-refractivity contribution in [1.82, 2.24) is 0 Å². The smallest absolute Gasteiger partial charge is 0.257 e. The largest absolute Gasteiger partial charge is 0.497 e. The molecular formula is C22H22N2O4. The van der Waals surface area contributed by atoms with E-state index >= 15 is 0 Å². The molecule has 3 aromatic rings. The van der Waals surface area contributed by atoms with E-state index in [4.69, 9.17) is 14.2 Å². The van der Waals surface area contributed by atoms with Crippen molar-refractivity contribution in [1.29, 1.82) is 0 Å². The average molecular weight is 378 g/mol. The molecule has 0 spiro atoms. The lowest BCUT2D eigenvalue weighted by molar-refractivity contribution is 0.102. The van der Waals surface area contributed by atoms with Crippen LogP contribution in [-0.4, -0.2) is 27.2 Å². The fourth-order valence-electron chi connectivity index (χ4n) is 2.72. The second-order valence-electron chi connectivity index (χ2n) is 5.93. The molecule has 3 rings (SSSR count). The number of rotatable bonds is 7. The van der Waals surface area contributed by atoms with Gasteiger partial charge in [0.2, 0.25) is 0 Å². The molecule has 0 fully saturated rings. The molecule has 0 heterocycles. The zero-order valence-corrected chi connectivity index (χ0v) is 16.0. The Bertz CT molecular complexity index is 941. The van der Waals surface area contributed by atoms with Crippen molar-refractivity contribution in [3.63, 3.8) is 0 Å². The van der Waals surface area contributed by atoms with Gasteiger partial charge in [-0.05, 0) is 42.5 Å². The predicted octanol–water partition coefficient (Wildman–Crippen LogP) is 4.71.